The lowest BCUT2D eigenvalue weighted by Crippen LogP contribution is -2.23. The molecule has 0 radical (unpaired) electrons. The zero-order valence-corrected chi connectivity index (χ0v) is 10.1. The van der Waals surface area contributed by atoms with E-state index < -0.39 is 0 Å². The monoisotopic (exact) mass is 174 g/mol. The molecule has 0 rings (SSSR count). The van der Waals surface area contributed by atoms with Gasteiger partial charge in [-0.05, 0) is 11.3 Å². The summed E-state index contributed by atoms with van der Waals surface area (Å²) < 4.78 is 4.74. The minimum Gasteiger partial charge on any atom is -0.529 e. The van der Waals surface area contributed by atoms with Gasteiger partial charge in [0.1, 0.15) is 0 Å². The highest BCUT2D eigenvalue weighted by Crippen LogP contribution is 2.29. The number of carbonyl (C=O) groups excluding carboxylic acids is 1. The Kier molecular flexibility index (Phi) is 3.79. The molecule has 0 heterocycles. The van der Waals surface area contributed by atoms with Crippen molar-refractivity contribution in [1.82, 2.24) is 0 Å². The highest BCUT2D eigenvalue weighted by atomic mass is 28.2. The van der Waals surface area contributed by atoms with Crippen LogP contribution in [0.4, 0.5) is 0 Å². The largest absolute Gasteiger partial charge is 0.529 e. The second-order valence-corrected chi connectivity index (χ2v) is 4.30. The zero-order valence-electron chi connectivity index (χ0n) is 8.10. The van der Waals surface area contributed by atoms with E-state index in [0.717, 1.165) is 0 Å². The third-order valence-electron chi connectivity index (χ3n) is 2.39. The lowest BCUT2D eigenvalue weighted by atomic mass is 9.78. The van der Waals surface area contributed by atoms with Gasteiger partial charge in [-0.15, -0.1) is 0 Å². The van der Waals surface area contributed by atoms with Crippen LogP contribution in [0.5, 0.6) is 0 Å². The normalized spacial score (nSPS) is 12.1. The molecule has 0 aromatic carbocycles. The second-order valence-electron chi connectivity index (χ2n) is 3.90. The van der Waals surface area contributed by atoms with Crippen molar-refractivity contribution in [1.29, 1.82) is 0 Å². The Morgan fingerprint density at radius 3 is 2.27 bits per heavy atom. The van der Waals surface area contributed by atoms with Crippen LogP contribution in [0.3, 0.4) is 0 Å². The number of hydrogen-bond acceptors (Lipinski definition) is 2. The third kappa shape index (κ3) is 3.56. The van der Waals surface area contributed by atoms with E-state index in [1.165, 1.54) is 0 Å². The standard InChI is InChI=1S/C8H18O2Si/c1-6(2)8(3,4)5-7(9)10-11/h6H,5H2,1-4,11H3. The predicted octanol–water partition coefficient (Wildman–Crippen LogP) is 0.882. The van der Waals surface area contributed by atoms with Crippen LogP contribution < -0.4 is 0 Å². The van der Waals surface area contributed by atoms with Crippen molar-refractivity contribution in [3.63, 3.8) is 0 Å². The first-order valence-electron chi connectivity index (χ1n) is 3.97. The first-order chi connectivity index (χ1) is 4.90. The summed E-state index contributed by atoms with van der Waals surface area (Å²) >= 11 is 0. The van der Waals surface area contributed by atoms with Gasteiger partial charge in [-0.25, -0.2) is 0 Å². The van der Waals surface area contributed by atoms with Crippen LogP contribution in [-0.4, -0.2) is 16.5 Å². The van der Waals surface area contributed by atoms with E-state index in [-0.39, 0.29) is 11.4 Å². The first-order valence-corrected chi connectivity index (χ1v) is 4.78. The third-order valence-corrected chi connectivity index (χ3v) is 2.85. The molecule has 0 saturated carbocycles. The molecule has 0 aromatic rings. The Balaban J connectivity index is 4.01. The van der Waals surface area contributed by atoms with Gasteiger partial charge >= 0.3 is 0 Å². The molecule has 0 aliphatic heterocycles. The molecule has 0 aromatic heterocycles. The summed E-state index contributed by atoms with van der Waals surface area (Å²) in [5, 5.41) is 0. The lowest BCUT2D eigenvalue weighted by molar-refractivity contribution is -0.136. The zero-order chi connectivity index (χ0) is 9.07. The molecular formula is C8H18O2Si. The van der Waals surface area contributed by atoms with E-state index in [1.807, 2.05) is 0 Å². The summed E-state index contributed by atoms with van der Waals surface area (Å²) in [6.07, 6.45) is 0.536. The quantitative estimate of drug-likeness (QED) is 0.594. The fraction of sp³-hybridized carbons (Fsp3) is 0.875. The molecule has 0 aliphatic carbocycles. The molecule has 0 amide bonds. The van der Waals surface area contributed by atoms with Crippen LogP contribution in [0.1, 0.15) is 34.1 Å². The topological polar surface area (TPSA) is 26.3 Å². The van der Waals surface area contributed by atoms with Crippen LogP contribution in [0, 0.1) is 11.3 Å². The number of hydrogen-bond donors (Lipinski definition) is 0. The molecule has 0 saturated heterocycles. The molecule has 2 nitrogen and oxygen atoms in total. The maximum Gasteiger partial charge on any atom is 0.292 e. The SMILES string of the molecule is CC(C)C(C)(C)CC(=O)O[SiH3]. The van der Waals surface area contributed by atoms with E-state index in [1.54, 1.807) is 0 Å². The van der Waals surface area contributed by atoms with Gasteiger partial charge in [0.25, 0.3) is 5.97 Å². The number of carbonyl (C=O) groups is 1. The van der Waals surface area contributed by atoms with Gasteiger partial charge in [0, 0.05) is 6.42 Å². The molecule has 66 valence electrons. The molecule has 0 bridgehead atoms. The van der Waals surface area contributed by atoms with Gasteiger partial charge in [-0.3, -0.25) is 4.79 Å². The van der Waals surface area contributed by atoms with Crippen molar-refractivity contribution in [3.8, 4) is 0 Å². The van der Waals surface area contributed by atoms with Crippen molar-refractivity contribution in [2.75, 3.05) is 0 Å². The average molecular weight is 174 g/mol. The minimum atomic E-state index is -0.0598. The Hall–Kier alpha value is -0.313. The number of rotatable bonds is 3. The summed E-state index contributed by atoms with van der Waals surface area (Å²) in [5.74, 6) is 0.457. The van der Waals surface area contributed by atoms with E-state index in [0.29, 0.717) is 22.8 Å². The minimum absolute atomic E-state index is 0.0598. The summed E-state index contributed by atoms with van der Waals surface area (Å²) in [4.78, 5) is 10.9. The maximum atomic E-state index is 10.9. The molecule has 11 heavy (non-hydrogen) atoms. The fourth-order valence-corrected chi connectivity index (χ4v) is 0.793. The van der Waals surface area contributed by atoms with Crippen molar-refractivity contribution >= 4 is 16.5 Å². The van der Waals surface area contributed by atoms with Crippen LogP contribution in [0.15, 0.2) is 0 Å². The molecular weight excluding hydrogens is 156 g/mol. The van der Waals surface area contributed by atoms with Crippen molar-refractivity contribution in [3.05, 3.63) is 0 Å². The average Bonchev–Trinajstić information content (AvgIpc) is 1.86. The van der Waals surface area contributed by atoms with Crippen LogP contribution >= 0.6 is 0 Å². The molecule has 0 spiro atoms. The Morgan fingerprint density at radius 2 is 2.00 bits per heavy atom. The van der Waals surface area contributed by atoms with Crippen LogP contribution in [0.25, 0.3) is 0 Å². The highest BCUT2D eigenvalue weighted by Gasteiger charge is 2.25. The van der Waals surface area contributed by atoms with Gasteiger partial charge in [-0.1, -0.05) is 27.7 Å². The van der Waals surface area contributed by atoms with Gasteiger partial charge in [-0.2, -0.15) is 0 Å². The molecule has 0 unspecified atom stereocenters. The molecule has 0 aliphatic rings. The van der Waals surface area contributed by atoms with E-state index in [9.17, 15) is 4.79 Å². The second kappa shape index (κ2) is 3.90. The van der Waals surface area contributed by atoms with E-state index >= 15 is 0 Å². The summed E-state index contributed by atoms with van der Waals surface area (Å²) in [6, 6.07) is 0. The fourth-order valence-electron chi connectivity index (χ4n) is 0.648. The molecule has 3 heteroatoms. The van der Waals surface area contributed by atoms with Crippen molar-refractivity contribution in [2.45, 2.75) is 34.1 Å². The lowest BCUT2D eigenvalue weighted by Gasteiger charge is -2.27. The maximum absolute atomic E-state index is 10.9. The van der Waals surface area contributed by atoms with Gasteiger partial charge in [0.2, 0.25) is 10.5 Å². The van der Waals surface area contributed by atoms with E-state index in [4.69, 9.17) is 4.43 Å². The Bertz CT molecular complexity index is 141. The van der Waals surface area contributed by atoms with Gasteiger partial charge < -0.3 is 4.43 Å². The van der Waals surface area contributed by atoms with E-state index in [2.05, 4.69) is 27.7 Å². The smallest absolute Gasteiger partial charge is 0.292 e. The summed E-state index contributed by atoms with van der Waals surface area (Å²) in [7, 11) is 0.512. The van der Waals surface area contributed by atoms with Gasteiger partial charge in [0.05, 0.1) is 0 Å². The van der Waals surface area contributed by atoms with Crippen LogP contribution in [0.2, 0.25) is 0 Å². The molecule has 0 fully saturated rings. The highest BCUT2D eigenvalue weighted by molar-refractivity contribution is 6.05. The summed E-state index contributed by atoms with van der Waals surface area (Å²) in [5.41, 5.74) is 0.0709. The van der Waals surface area contributed by atoms with Crippen molar-refractivity contribution < 1.29 is 9.22 Å². The van der Waals surface area contributed by atoms with Gasteiger partial charge in [0.15, 0.2) is 0 Å². The Labute approximate surface area is 71.9 Å². The first kappa shape index (κ1) is 10.7. The van der Waals surface area contributed by atoms with Crippen molar-refractivity contribution in [2.24, 2.45) is 11.3 Å². The molecule has 0 atom stereocenters. The Morgan fingerprint density at radius 1 is 1.55 bits per heavy atom. The summed E-state index contributed by atoms with van der Waals surface area (Å²) in [6.45, 7) is 8.44. The van der Waals surface area contributed by atoms with Crippen LogP contribution in [-0.2, 0) is 9.22 Å². The predicted molar refractivity (Wildman–Crippen MR) is 49.3 cm³/mol. The molecule has 0 N–H and O–H groups in total.